The molecule has 1 aromatic rings. The van der Waals surface area contributed by atoms with Crippen molar-refractivity contribution in [1.82, 2.24) is 15.3 Å². The lowest BCUT2D eigenvalue weighted by Gasteiger charge is -2.51. The highest BCUT2D eigenvalue weighted by Gasteiger charge is 2.46. The third-order valence-electron chi connectivity index (χ3n) is 9.73. The van der Waals surface area contributed by atoms with Crippen LogP contribution < -0.4 is 5.32 Å². The van der Waals surface area contributed by atoms with Gasteiger partial charge in [0.05, 0.1) is 12.0 Å². The van der Waals surface area contributed by atoms with E-state index in [0.717, 1.165) is 31.2 Å². The van der Waals surface area contributed by atoms with E-state index in [2.05, 4.69) is 57.3 Å². The molecule has 0 aromatic heterocycles. The zero-order valence-corrected chi connectivity index (χ0v) is 29.4. The molecule has 45 heavy (non-hydrogen) atoms. The number of amides is 2. The Kier molecular flexibility index (Phi) is 13.4. The quantitative estimate of drug-likeness (QED) is 0.199. The number of nitrogens with zero attached hydrogens (tertiary/aromatic N) is 2. The summed E-state index contributed by atoms with van der Waals surface area (Å²) in [5.74, 6) is 0.540. The Morgan fingerprint density at radius 1 is 1.02 bits per heavy atom. The fraction of sp³-hybridized carbons (Fsp3) is 0.711. The van der Waals surface area contributed by atoms with Gasteiger partial charge in [0.1, 0.15) is 6.04 Å². The molecule has 0 saturated carbocycles. The topological polar surface area (TPSA) is 90.0 Å². The van der Waals surface area contributed by atoms with Gasteiger partial charge in [0.15, 0.2) is 5.78 Å². The molecule has 0 bridgehead atoms. The van der Waals surface area contributed by atoms with Gasteiger partial charge < -0.3 is 15.4 Å². The molecular weight excluding hydrogens is 562 g/mol. The molecule has 2 aliphatic rings. The lowest BCUT2D eigenvalue weighted by molar-refractivity contribution is -0.251. The summed E-state index contributed by atoms with van der Waals surface area (Å²) in [5, 5.41) is 15.3. The highest BCUT2D eigenvalue weighted by molar-refractivity contribution is 5.93. The van der Waals surface area contributed by atoms with Gasteiger partial charge in [-0.05, 0) is 96.0 Å². The molecule has 252 valence electrons. The minimum atomic E-state index is -0.565. The van der Waals surface area contributed by atoms with Gasteiger partial charge in [0.25, 0.3) is 0 Å². The number of nitrogens with one attached hydrogen (secondary N) is 1. The highest BCUT2D eigenvalue weighted by Crippen LogP contribution is 2.41. The van der Waals surface area contributed by atoms with Crippen molar-refractivity contribution in [2.45, 2.75) is 143 Å². The van der Waals surface area contributed by atoms with E-state index >= 15 is 0 Å². The van der Waals surface area contributed by atoms with Crippen molar-refractivity contribution in [2.75, 3.05) is 6.54 Å². The first-order chi connectivity index (χ1) is 21.1. The second-order valence-corrected chi connectivity index (χ2v) is 15.6. The van der Waals surface area contributed by atoms with Crippen molar-refractivity contribution in [3.05, 3.63) is 48.0 Å². The molecule has 0 spiro atoms. The number of allylic oxidation sites excluding steroid dienone is 1. The standard InChI is InChI=1S/C38H61N3O4/c1-9-10-17-32(34(42)24-30-25-37(5,6)41(45)38(7,8)26-30)39-35(43)33-18-14-21-40(33)36(44)31(20-19-28(4)22-27(2)3)23-29-15-12-11-13-16-29/h11-13,15-16,19-20,27-28,30-33,45H,9-10,14,17-18,21-26H2,1-8H3,(H,39,43)/b20-19+/t28-,31-,32+,33+/m1/s1. The third kappa shape index (κ3) is 10.5. The van der Waals surface area contributed by atoms with Gasteiger partial charge >= 0.3 is 0 Å². The largest absolute Gasteiger partial charge is 0.345 e. The highest BCUT2D eigenvalue weighted by atomic mass is 16.5. The monoisotopic (exact) mass is 623 g/mol. The molecule has 2 amide bonds. The van der Waals surface area contributed by atoms with Crippen molar-refractivity contribution in [3.63, 3.8) is 0 Å². The summed E-state index contributed by atoms with van der Waals surface area (Å²) in [5.41, 5.74) is 0.231. The van der Waals surface area contributed by atoms with Gasteiger partial charge in [-0.25, -0.2) is 0 Å². The first-order valence-electron chi connectivity index (χ1n) is 17.5. The maximum atomic E-state index is 14.1. The number of piperidine rings is 1. The van der Waals surface area contributed by atoms with Crippen LogP contribution >= 0.6 is 0 Å². The Morgan fingerprint density at radius 3 is 2.27 bits per heavy atom. The van der Waals surface area contributed by atoms with Crippen LogP contribution in [0.15, 0.2) is 42.5 Å². The molecule has 2 heterocycles. The van der Waals surface area contributed by atoms with Crippen molar-refractivity contribution < 1.29 is 19.6 Å². The minimum Gasteiger partial charge on any atom is -0.345 e. The second kappa shape index (κ2) is 16.4. The number of hydrogen-bond acceptors (Lipinski definition) is 5. The van der Waals surface area contributed by atoms with Crippen molar-refractivity contribution in [1.29, 1.82) is 0 Å². The smallest absolute Gasteiger partial charge is 0.243 e. The second-order valence-electron chi connectivity index (χ2n) is 15.6. The lowest BCUT2D eigenvalue weighted by atomic mass is 9.73. The Morgan fingerprint density at radius 2 is 1.67 bits per heavy atom. The van der Waals surface area contributed by atoms with Crippen LogP contribution in [0.3, 0.4) is 0 Å². The number of rotatable bonds is 15. The lowest BCUT2D eigenvalue weighted by Crippen LogP contribution is -2.59. The molecule has 0 aliphatic carbocycles. The summed E-state index contributed by atoms with van der Waals surface area (Å²) in [4.78, 5) is 43.4. The zero-order chi connectivity index (χ0) is 33.4. The molecule has 2 aliphatic heterocycles. The Labute approximate surface area is 273 Å². The van der Waals surface area contributed by atoms with Crippen LogP contribution in [-0.2, 0) is 20.8 Å². The van der Waals surface area contributed by atoms with Crippen molar-refractivity contribution >= 4 is 17.6 Å². The number of hydrogen-bond donors (Lipinski definition) is 2. The summed E-state index contributed by atoms with van der Waals surface area (Å²) >= 11 is 0. The van der Waals surface area contributed by atoms with Crippen LogP contribution in [0.4, 0.5) is 0 Å². The van der Waals surface area contributed by atoms with Gasteiger partial charge in [-0.15, -0.1) is 0 Å². The molecule has 0 unspecified atom stereocenters. The maximum Gasteiger partial charge on any atom is 0.243 e. The molecule has 4 atom stereocenters. The fourth-order valence-electron chi connectivity index (χ4n) is 7.81. The maximum absolute atomic E-state index is 14.1. The first kappa shape index (κ1) is 37.0. The van der Waals surface area contributed by atoms with Gasteiger partial charge in [-0.3, -0.25) is 14.4 Å². The first-order valence-corrected chi connectivity index (χ1v) is 17.5. The molecule has 1 aromatic carbocycles. The summed E-state index contributed by atoms with van der Waals surface area (Å²) in [6.07, 6.45) is 11.4. The number of benzene rings is 1. The van der Waals surface area contributed by atoms with E-state index in [-0.39, 0.29) is 29.4 Å². The summed E-state index contributed by atoms with van der Waals surface area (Å²) in [6.45, 7) is 17.3. The van der Waals surface area contributed by atoms with Crippen molar-refractivity contribution in [3.8, 4) is 0 Å². The van der Waals surface area contributed by atoms with E-state index < -0.39 is 23.2 Å². The Bertz CT molecular complexity index is 1130. The summed E-state index contributed by atoms with van der Waals surface area (Å²) < 4.78 is 0. The Balaban J connectivity index is 1.74. The van der Waals surface area contributed by atoms with Crippen molar-refractivity contribution in [2.24, 2.45) is 23.7 Å². The summed E-state index contributed by atoms with van der Waals surface area (Å²) in [7, 11) is 0. The molecule has 2 N–H and O–H groups in total. The predicted molar refractivity (Wildman–Crippen MR) is 182 cm³/mol. The number of carbonyl (C=O) groups excluding carboxylic acids is 3. The van der Waals surface area contributed by atoms with E-state index in [1.165, 1.54) is 5.06 Å². The van der Waals surface area contributed by atoms with E-state index in [1.54, 1.807) is 4.90 Å². The van der Waals surface area contributed by atoms with Crippen LogP contribution in [-0.4, -0.2) is 62.5 Å². The minimum absolute atomic E-state index is 0.0128. The number of likely N-dealkylation sites (tertiary alicyclic amines) is 1. The fourth-order valence-corrected chi connectivity index (χ4v) is 7.81. The summed E-state index contributed by atoms with van der Waals surface area (Å²) in [6, 6.07) is 8.95. The van der Waals surface area contributed by atoms with E-state index in [4.69, 9.17) is 0 Å². The number of hydroxylamine groups is 2. The van der Waals surface area contributed by atoms with E-state index in [1.807, 2.05) is 45.9 Å². The molecule has 0 radical (unpaired) electrons. The molecule has 7 heteroatoms. The average Bonchev–Trinajstić information content (AvgIpc) is 3.46. The predicted octanol–water partition coefficient (Wildman–Crippen LogP) is 7.37. The molecule has 2 saturated heterocycles. The number of carbonyl (C=O) groups is 3. The zero-order valence-electron chi connectivity index (χ0n) is 29.4. The number of ketones is 1. The van der Waals surface area contributed by atoms with Crippen LogP contribution in [0.2, 0.25) is 0 Å². The number of unbranched alkanes of at least 4 members (excludes halogenated alkanes) is 1. The normalized spacial score (nSPS) is 22.4. The van der Waals surface area contributed by atoms with Crippen LogP contribution in [0.1, 0.15) is 119 Å². The van der Waals surface area contributed by atoms with Gasteiger partial charge in [0.2, 0.25) is 11.8 Å². The van der Waals surface area contributed by atoms with Gasteiger partial charge in [-0.2, -0.15) is 5.06 Å². The van der Waals surface area contributed by atoms with Crippen LogP contribution in [0, 0.1) is 23.7 Å². The SMILES string of the molecule is CCCC[C@H](NC(=O)[C@@H]1CCCN1C(=O)[C@H](/C=C/[C@@H](C)CC(C)C)Cc1ccccc1)C(=O)CC1CC(C)(C)N(O)C(C)(C)C1. The van der Waals surface area contributed by atoms with Gasteiger partial charge in [-0.1, -0.05) is 83.0 Å². The third-order valence-corrected chi connectivity index (χ3v) is 9.73. The van der Waals surface area contributed by atoms with E-state index in [0.29, 0.717) is 56.9 Å². The van der Waals surface area contributed by atoms with E-state index in [9.17, 15) is 19.6 Å². The molecular formula is C38H61N3O4. The Hall–Kier alpha value is -2.51. The van der Waals surface area contributed by atoms with Gasteiger partial charge in [0, 0.05) is 24.0 Å². The van der Waals surface area contributed by atoms with Crippen LogP contribution in [0.25, 0.3) is 0 Å². The molecule has 7 nitrogen and oxygen atoms in total. The van der Waals surface area contributed by atoms with Crippen LogP contribution in [0.5, 0.6) is 0 Å². The average molecular weight is 624 g/mol. The molecule has 2 fully saturated rings. The molecule has 3 rings (SSSR count). The number of Topliss-reactive ketones (excluding diaryl/α,β-unsaturated/α-hetero) is 1.